The third-order valence-electron chi connectivity index (χ3n) is 9.69. The van der Waals surface area contributed by atoms with Crippen molar-refractivity contribution in [2.24, 2.45) is 5.92 Å². The summed E-state index contributed by atoms with van der Waals surface area (Å²) in [5, 5.41) is 11.3. The van der Waals surface area contributed by atoms with Crippen molar-refractivity contribution >= 4 is 34.9 Å². The summed E-state index contributed by atoms with van der Waals surface area (Å²) in [4.78, 5) is 39.0. The summed E-state index contributed by atoms with van der Waals surface area (Å²) in [6.45, 7) is 7.06. The number of benzene rings is 2. The smallest absolute Gasteiger partial charge is 0.236 e. The van der Waals surface area contributed by atoms with E-state index in [4.69, 9.17) is 21.3 Å². The summed E-state index contributed by atoms with van der Waals surface area (Å²) >= 11 is 6.24. The fraction of sp³-hybridized carbons (Fsp3) is 0.472. The van der Waals surface area contributed by atoms with Crippen LogP contribution in [0.25, 0.3) is 0 Å². The Bertz CT molecular complexity index is 1560. The molecule has 244 valence electrons. The molecule has 3 aliphatic rings. The Morgan fingerprint density at radius 2 is 1.76 bits per heavy atom. The van der Waals surface area contributed by atoms with Crippen molar-refractivity contribution in [2.45, 2.75) is 64.1 Å². The Hall–Kier alpha value is -3.82. The Kier molecular flexibility index (Phi) is 9.43. The van der Waals surface area contributed by atoms with Gasteiger partial charge in [0.2, 0.25) is 11.8 Å². The first-order chi connectivity index (χ1) is 22.1. The van der Waals surface area contributed by atoms with Crippen LogP contribution >= 0.6 is 11.6 Å². The summed E-state index contributed by atoms with van der Waals surface area (Å²) in [7, 11) is 3.97. The number of nitrogens with zero attached hydrogens (tertiary/aromatic N) is 5. The van der Waals surface area contributed by atoms with Gasteiger partial charge in [-0.2, -0.15) is 0 Å². The zero-order valence-electron chi connectivity index (χ0n) is 27.2. The molecule has 2 fully saturated rings. The van der Waals surface area contributed by atoms with Crippen molar-refractivity contribution < 1.29 is 19.4 Å². The highest BCUT2D eigenvalue weighted by Gasteiger charge is 2.36. The van der Waals surface area contributed by atoms with E-state index < -0.39 is 6.04 Å². The lowest BCUT2D eigenvalue weighted by Crippen LogP contribution is -2.53. The number of aromatic hydroxyl groups is 1. The van der Waals surface area contributed by atoms with Gasteiger partial charge in [0, 0.05) is 44.8 Å². The molecule has 1 aliphatic carbocycles. The monoisotopic (exact) mass is 645 g/mol. The minimum atomic E-state index is -0.445. The van der Waals surface area contributed by atoms with Gasteiger partial charge < -0.3 is 19.6 Å². The first-order valence-electron chi connectivity index (χ1n) is 16.3. The fourth-order valence-electron chi connectivity index (χ4n) is 7.19. The molecule has 1 atom stereocenters. The predicted molar refractivity (Wildman–Crippen MR) is 181 cm³/mol. The SMILES string of the molecule is CC(C)Oc1cc2c(cc1O)CC(=O)N(c1ccc(N(C)CC3CCC(N4CCN(C)C(=O)C4)CC3)nc1)C2c1ccc(Cl)cc1. The number of amides is 2. The standard InChI is InChI=1S/C36H44ClN5O4/c1-23(2)46-32-19-30-26(17-31(32)43)18-34(44)42(36(30)25-7-9-27(37)10-8-25)29-13-14-33(38-20-29)40(4)21-24-5-11-28(12-6-24)41-16-15-39(3)35(45)22-41/h7-10,13-14,17,19-20,23-24,28,36,43H,5-6,11-12,15-16,18,21-22H2,1-4H3. The first kappa shape index (κ1) is 32.1. The lowest BCUT2D eigenvalue weighted by Gasteiger charge is -2.41. The van der Waals surface area contributed by atoms with Gasteiger partial charge in [0.15, 0.2) is 11.5 Å². The molecule has 1 saturated heterocycles. The van der Waals surface area contributed by atoms with Crippen LogP contribution in [-0.4, -0.2) is 84.1 Å². The van der Waals surface area contributed by atoms with Gasteiger partial charge in [-0.3, -0.25) is 19.4 Å². The van der Waals surface area contributed by atoms with Gasteiger partial charge in [0.25, 0.3) is 0 Å². The van der Waals surface area contributed by atoms with Gasteiger partial charge in [0.05, 0.1) is 37.0 Å². The summed E-state index contributed by atoms with van der Waals surface area (Å²) < 4.78 is 5.92. The predicted octanol–water partition coefficient (Wildman–Crippen LogP) is 5.68. The summed E-state index contributed by atoms with van der Waals surface area (Å²) in [5.74, 6) is 2.00. The normalized spacial score (nSPS) is 22.3. The van der Waals surface area contributed by atoms with E-state index in [0.717, 1.165) is 67.8 Å². The maximum absolute atomic E-state index is 13.8. The molecular formula is C36H44ClN5O4. The largest absolute Gasteiger partial charge is 0.504 e. The zero-order valence-corrected chi connectivity index (χ0v) is 27.9. The number of anilines is 2. The molecule has 2 amide bonds. The molecule has 1 saturated carbocycles. The lowest BCUT2D eigenvalue weighted by molar-refractivity contribution is -0.135. The Labute approximate surface area is 276 Å². The van der Waals surface area contributed by atoms with Crippen LogP contribution in [0.2, 0.25) is 5.02 Å². The molecule has 0 spiro atoms. The number of hydrogen-bond donors (Lipinski definition) is 1. The Balaban J connectivity index is 1.18. The number of fused-ring (bicyclic) bond motifs is 1. The van der Waals surface area contributed by atoms with Crippen LogP contribution in [0.1, 0.15) is 62.3 Å². The third-order valence-corrected chi connectivity index (χ3v) is 9.94. The van der Waals surface area contributed by atoms with Crippen molar-refractivity contribution in [3.63, 3.8) is 0 Å². The van der Waals surface area contributed by atoms with Crippen molar-refractivity contribution in [3.05, 3.63) is 76.4 Å². The maximum Gasteiger partial charge on any atom is 0.236 e. The number of piperazine rings is 1. The Morgan fingerprint density at radius 3 is 2.41 bits per heavy atom. The average Bonchev–Trinajstić information content (AvgIpc) is 3.03. The zero-order chi connectivity index (χ0) is 32.5. The van der Waals surface area contributed by atoms with Crippen LogP contribution in [0.15, 0.2) is 54.7 Å². The molecule has 2 aromatic carbocycles. The van der Waals surface area contributed by atoms with Gasteiger partial charge in [-0.25, -0.2) is 4.98 Å². The Morgan fingerprint density at radius 1 is 1.02 bits per heavy atom. The number of phenols is 1. The lowest BCUT2D eigenvalue weighted by atomic mass is 9.84. The number of rotatable bonds is 8. The number of carbonyl (C=O) groups excluding carboxylic acids is 2. The minimum absolute atomic E-state index is 0.0283. The topological polar surface area (TPSA) is 89.5 Å². The summed E-state index contributed by atoms with van der Waals surface area (Å²) in [5.41, 5.74) is 3.27. The first-order valence-corrected chi connectivity index (χ1v) is 16.7. The quantitative estimate of drug-likeness (QED) is 0.337. The van der Waals surface area contributed by atoms with Gasteiger partial charge in [-0.1, -0.05) is 23.7 Å². The van der Waals surface area contributed by atoms with Crippen molar-refractivity contribution in [1.82, 2.24) is 14.8 Å². The molecule has 2 aliphatic heterocycles. The highest BCUT2D eigenvalue weighted by Crippen LogP contribution is 2.43. The number of ether oxygens (including phenoxy) is 1. The van der Waals surface area contributed by atoms with Gasteiger partial charge >= 0.3 is 0 Å². The van der Waals surface area contributed by atoms with Gasteiger partial charge in [-0.15, -0.1) is 0 Å². The molecule has 3 aromatic rings. The average molecular weight is 646 g/mol. The van der Waals surface area contributed by atoms with Crippen LogP contribution in [-0.2, 0) is 16.0 Å². The van der Waals surface area contributed by atoms with E-state index in [1.54, 1.807) is 17.2 Å². The van der Waals surface area contributed by atoms with Crippen molar-refractivity contribution in [2.75, 3.05) is 50.1 Å². The van der Waals surface area contributed by atoms with E-state index >= 15 is 0 Å². The molecular weight excluding hydrogens is 602 g/mol. The van der Waals surface area contributed by atoms with Gasteiger partial charge in [-0.05, 0) is 98.5 Å². The van der Waals surface area contributed by atoms with Crippen LogP contribution in [0.5, 0.6) is 11.5 Å². The van der Waals surface area contributed by atoms with E-state index in [0.29, 0.717) is 35.0 Å². The number of phenolic OH excluding ortho intramolecular Hbond substituents is 1. The van der Waals surface area contributed by atoms with E-state index in [2.05, 4.69) is 16.8 Å². The van der Waals surface area contributed by atoms with Crippen molar-refractivity contribution in [3.8, 4) is 11.5 Å². The molecule has 6 rings (SSSR count). The molecule has 10 heteroatoms. The molecule has 9 nitrogen and oxygen atoms in total. The highest BCUT2D eigenvalue weighted by molar-refractivity contribution is 6.30. The van der Waals surface area contributed by atoms with Crippen LogP contribution in [0.3, 0.4) is 0 Å². The second-order valence-corrected chi connectivity index (χ2v) is 13.7. The number of halogens is 1. The van der Waals surface area contributed by atoms with Gasteiger partial charge in [0.1, 0.15) is 5.82 Å². The summed E-state index contributed by atoms with van der Waals surface area (Å²) in [6.07, 6.45) is 6.33. The fourth-order valence-corrected chi connectivity index (χ4v) is 7.32. The molecule has 3 heterocycles. The van der Waals surface area contributed by atoms with Crippen LogP contribution < -0.4 is 14.5 Å². The summed E-state index contributed by atoms with van der Waals surface area (Å²) in [6, 6.07) is 15.0. The number of carbonyl (C=O) groups is 2. The molecule has 0 radical (unpaired) electrons. The van der Waals surface area contributed by atoms with E-state index in [-0.39, 0.29) is 30.1 Å². The van der Waals surface area contributed by atoms with Crippen LogP contribution in [0, 0.1) is 5.92 Å². The molecule has 0 bridgehead atoms. The van der Waals surface area contributed by atoms with Crippen LogP contribution in [0.4, 0.5) is 11.5 Å². The molecule has 1 unspecified atom stereocenters. The second kappa shape index (κ2) is 13.5. The number of pyridine rings is 1. The second-order valence-electron chi connectivity index (χ2n) is 13.3. The van der Waals surface area contributed by atoms with E-state index in [1.807, 2.05) is 68.3 Å². The van der Waals surface area contributed by atoms with E-state index in [1.165, 1.54) is 0 Å². The molecule has 46 heavy (non-hydrogen) atoms. The number of likely N-dealkylation sites (N-methyl/N-ethyl adjacent to an activating group) is 1. The number of hydrogen-bond acceptors (Lipinski definition) is 7. The third kappa shape index (κ3) is 6.81. The number of aromatic nitrogens is 1. The van der Waals surface area contributed by atoms with Crippen molar-refractivity contribution in [1.29, 1.82) is 0 Å². The minimum Gasteiger partial charge on any atom is -0.504 e. The van der Waals surface area contributed by atoms with E-state index in [9.17, 15) is 14.7 Å². The molecule has 1 N–H and O–H groups in total. The maximum atomic E-state index is 13.8. The molecule has 1 aromatic heterocycles. The highest BCUT2D eigenvalue weighted by atomic mass is 35.5.